The molecule has 0 aliphatic heterocycles. The van der Waals surface area contributed by atoms with Gasteiger partial charge in [0.15, 0.2) is 21.3 Å². The fraction of sp³-hybridized carbons (Fsp3) is 0.217. The minimum atomic E-state index is -3.90. The number of rotatable bonds is 7. The minimum absolute atomic E-state index is 0.0741. The van der Waals surface area contributed by atoms with Crippen LogP contribution in [0, 0.1) is 6.92 Å². The van der Waals surface area contributed by atoms with E-state index in [0.29, 0.717) is 11.1 Å². The molecule has 0 saturated heterocycles. The van der Waals surface area contributed by atoms with Crippen molar-refractivity contribution in [2.24, 2.45) is 0 Å². The van der Waals surface area contributed by atoms with E-state index in [1.54, 1.807) is 72.8 Å². The molecule has 5 nitrogen and oxygen atoms in total. The predicted octanol–water partition coefficient (Wildman–Crippen LogP) is 3.83. The first-order chi connectivity index (χ1) is 13.8. The van der Waals surface area contributed by atoms with E-state index in [9.17, 15) is 18.6 Å². The Morgan fingerprint density at radius 1 is 0.931 bits per heavy atom. The molecule has 0 fully saturated rings. The normalized spacial score (nSPS) is 13.6. The van der Waals surface area contributed by atoms with Crippen LogP contribution in [0.4, 0.5) is 0 Å². The number of hydrogen-bond donors (Lipinski definition) is 2. The fourth-order valence-corrected chi connectivity index (χ4v) is 5.03. The summed E-state index contributed by atoms with van der Waals surface area (Å²) < 4.78 is 32.0. The van der Waals surface area contributed by atoms with Crippen molar-refractivity contribution >= 4 is 9.84 Å². The molecule has 2 atom stereocenters. The fourth-order valence-electron chi connectivity index (χ4n) is 3.27. The number of aryl methyl sites for hydroxylation is 1. The number of phenols is 1. The smallest absolute Gasteiger partial charge is 0.184 e. The van der Waals surface area contributed by atoms with Gasteiger partial charge in [0, 0.05) is 0 Å². The van der Waals surface area contributed by atoms with E-state index in [1.807, 2.05) is 6.92 Å². The molecule has 0 amide bonds. The second kappa shape index (κ2) is 8.68. The highest BCUT2D eigenvalue weighted by molar-refractivity contribution is 7.92. The molecule has 0 saturated carbocycles. The topological polar surface area (TPSA) is 83.8 Å². The average molecular weight is 413 g/mol. The van der Waals surface area contributed by atoms with Crippen LogP contribution in [0.1, 0.15) is 22.8 Å². The summed E-state index contributed by atoms with van der Waals surface area (Å²) in [4.78, 5) is 0.130. The SMILES string of the molecule is COc1cccc(C[C@H]([C@H](O)c2ccccc2)S(=O)(=O)c2ccc(C)cc2)c1O. The lowest BCUT2D eigenvalue weighted by atomic mass is 10.00. The van der Waals surface area contributed by atoms with Crippen LogP contribution in [-0.4, -0.2) is 31.0 Å². The van der Waals surface area contributed by atoms with Crippen LogP contribution in [0.25, 0.3) is 0 Å². The molecule has 0 radical (unpaired) electrons. The van der Waals surface area contributed by atoms with Crippen molar-refractivity contribution < 1.29 is 23.4 Å². The first-order valence-electron chi connectivity index (χ1n) is 9.23. The number of sulfone groups is 1. The summed E-state index contributed by atoms with van der Waals surface area (Å²) in [6.07, 6.45) is -1.34. The van der Waals surface area contributed by atoms with Gasteiger partial charge in [0.2, 0.25) is 0 Å². The Labute approximate surface area is 171 Å². The van der Waals surface area contributed by atoms with E-state index in [4.69, 9.17) is 4.74 Å². The van der Waals surface area contributed by atoms with E-state index < -0.39 is 21.2 Å². The quantitative estimate of drug-likeness (QED) is 0.616. The first-order valence-corrected chi connectivity index (χ1v) is 10.8. The maximum atomic E-state index is 13.5. The molecule has 3 aromatic rings. The molecule has 2 N–H and O–H groups in total. The average Bonchev–Trinajstić information content (AvgIpc) is 2.73. The van der Waals surface area contributed by atoms with Crippen molar-refractivity contribution in [3.8, 4) is 11.5 Å². The van der Waals surface area contributed by atoms with Crippen LogP contribution in [-0.2, 0) is 16.3 Å². The van der Waals surface area contributed by atoms with Gasteiger partial charge in [-0.1, -0.05) is 60.2 Å². The monoisotopic (exact) mass is 412 g/mol. The molecular formula is C23H24O5S. The van der Waals surface area contributed by atoms with Gasteiger partial charge >= 0.3 is 0 Å². The molecule has 29 heavy (non-hydrogen) atoms. The van der Waals surface area contributed by atoms with Crippen LogP contribution >= 0.6 is 0 Å². The van der Waals surface area contributed by atoms with Gasteiger partial charge in [-0.05, 0) is 42.7 Å². The third-order valence-electron chi connectivity index (χ3n) is 4.96. The molecule has 3 rings (SSSR count). The van der Waals surface area contributed by atoms with Crippen molar-refractivity contribution in [2.75, 3.05) is 7.11 Å². The molecule has 0 bridgehead atoms. The Morgan fingerprint density at radius 3 is 2.21 bits per heavy atom. The molecule has 3 aromatic carbocycles. The maximum Gasteiger partial charge on any atom is 0.184 e. The van der Waals surface area contributed by atoms with Crippen LogP contribution < -0.4 is 4.74 Å². The van der Waals surface area contributed by atoms with Gasteiger partial charge in [-0.15, -0.1) is 0 Å². The Hall–Kier alpha value is -2.83. The summed E-state index contributed by atoms with van der Waals surface area (Å²) in [6.45, 7) is 1.88. The second-order valence-corrected chi connectivity index (χ2v) is 9.09. The lowest BCUT2D eigenvalue weighted by molar-refractivity contribution is 0.170. The van der Waals surface area contributed by atoms with Crippen molar-refractivity contribution in [1.29, 1.82) is 0 Å². The molecule has 0 aromatic heterocycles. The number of hydrogen-bond acceptors (Lipinski definition) is 5. The highest BCUT2D eigenvalue weighted by Gasteiger charge is 2.35. The van der Waals surface area contributed by atoms with Gasteiger partial charge < -0.3 is 14.9 Å². The van der Waals surface area contributed by atoms with Gasteiger partial charge in [-0.3, -0.25) is 0 Å². The summed E-state index contributed by atoms with van der Waals surface area (Å²) in [6, 6.07) is 20.1. The van der Waals surface area contributed by atoms with E-state index in [1.165, 1.54) is 7.11 Å². The number of aromatic hydroxyl groups is 1. The molecule has 6 heteroatoms. The Balaban J connectivity index is 2.08. The number of benzene rings is 3. The van der Waals surface area contributed by atoms with Crippen molar-refractivity contribution in [3.63, 3.8) is 0 Å². The highest BCUT2D eigenvalue weighted by atomic mass is 32.2. The van der Waals surface area contributed by atoms with E-state index in [2.05, 4.69) is 0 Å². The van der Waals surface area contributed by atoms with Crippen molar-refractivity contribution in [3.05, 3.63) is 89.5 Å². The standard InChI is InChI=1S/C23H24O5S/c1-16-11-13-19(14-12-16)29(26,27)21(23(25)17-7-4-3-5-8-17)15-18-9-6-10-20(28-2)22(18)24/h3-14,21,23-25H,15H2,1-2H3/t21-,23-/m1/s1. The van der Waals surface area contributed by atoms with Crippen molar-refractivity contribution in [1.82, 2.24) is 0 Å². The van der Waals surface area contributed by atoms with E-state index in [0.717, 1.165) is 5.56 Å². The van der Waals surface area contributed by atoms with Crippen LogP contribution in [0.2, 0.25) is 0 Å². The van der Waals surface area contributed by atoms with Crippen molar-refractivity contribution in [2.45, 2.75) is 29.6 Å². The zero-order valence-corrected chi connectivity index (χ0v) is 17.1. The number of para-hydroxylation sites is 1. The van der Waals surface area contributed by atoms with Gasteiger partial charge in [0.25, 0.3) is 0 Å². The lowest BCUT2D eigenvalue weighted by Gasteiger charge is -2.24. The third kappa shape index (κ3) is 4.44. The number of ether oxygens (including phenoxy) is 1. The Kier molecular flexibility index (Phi) is 6.25. The van der Waals surface area contributed by atoms with Gasteiger partial charge in [0.05, 0.1) is 18.1 Å². The largest absolute Gasteiger partial charge is 0.504 e. The van der Waals surface area contributed by atoms with Gasteiger partial charge in [0.1, 0.15) is 5.25 Å². The first kappa shape index (κ1) is 20.9. The van der Waals surface area contributed by atoms with Gasteiger partial charge in [-0.2, -0.15) is 0 Å². The molecule has 0 spiro atoms. The molecule has 0 aliphatic carbocycles. The van der Waals surface area contributed by atoms with Crippen LogP contribution in [0.15, 0.2) is 77.7 Å². The highest BCUT2D eigenvalue weighted by Crippen LogP contribution is 2.35. The molecule has 0 heterocycles. The van der Waals surface area contributed by atoms with E-state index >= 15 is 0 Å². The number of phenolic OH excluding ortho intramolecular Hbond substituents is 1. The summed E-state index contributed by atoms with van der Waals surface area (Å²) in [7, 11) is -2.47. The third-order valence-corrected chi connectivity index (χ3v) is 7.12. The minimum Gasteiger partial charge on any atom is -0.504 e. The predicted molar refractivity (Wildman–Crippen MR) is 112 cm³/mol. The zero-order chi connectivity index (χ0) is 21.0. The molecular weight excluding hydrogens is 388 g/mol. The number of aliphatic hydroxyl groups is 1. The van der Waals surface area contributed by atoms with Crippen LogP contribution in [0.5, 0.6) is 11.5 Å². The van der Waals surface area contributed by atoms with E-state index in [-0.39, 0.29) is 22.8 Å². The maximum absolute atomic E-state index is 13.5. The number of methoxy groups -OCH3 is 1. The second-order valence-electron chi connectivity index (χ2n) is 6.92. The zero-order valence-electron chi connectivity index (χ0n) is 16.3. The summed E-state index contributed by atoms with van der Waals surface area (Å²) in [5, 5.41) is 20.3. The number of aliphatic hydroxyl groups excluding tert-OH is 1. The van der Waals surface area contributed by atoms with Crippen LogP contribution in [0.3, 0.4) is 0 Å². The summed E-state index contributed by atoms with van der Waals surface area (Å²) in [5.41, 5.74) is 1.82. The molecule has 0 unspecified atom stereocenters. The molecule has 152 valence electrons. The lowest BCUT2D eigenvalue weighted by Crippen LogP contribution is -2.31. The Morgan fingerprint density at radius 2 is 1.59 bits per heavy atom. The molecule has 0 aliphatic rings. The van der Waals surface area contributed by atoms with Gasteiger partial charge in [-0.25, -0.2) is 8.42 Å². The Bertz CT molecular complexity index is 1060. The summed E-state index contributed by atoms with van der Waals surface area (Å²) >= 11 is 0. The summed E-state index contributed by atoms with van der Waals surface area (Å²) in [5.74, 6) is 0.127.